The highest BCUT2D eigenvalue weighted by Crippen LogP contribution is 2.23. The maximum atomic E-state index is 12.5. The number of benzene rings is 3. The topological polar surface area (TPSA) is 55.4 Å². The molecule has 3 aromatic rings. The van der Waals surface area contributed by atoms with E-state index in [0.717, 1.165) is 0 Å². The van der Waals surface area contributed by atoms with Crippen LogP contribution >= 0.6 is 34.8 Å². The molecule has 0 heterocycles. The maximum Gasteiger partial charge on any atom is 0.257 e. The molecule has 7 heteroatoms. The molecule has 1 N–H and O–H groups in total. The smallest absolute Gasteiger partial charge is 0.257 e. The summed E-state index contributed by atoms with van der Waals surface area (Å²) in [7, 11) is 0. The number of rotatable bonds is 6. The number of Topliss-reactive ketones (excluding diaryl/α,β-unsaturated/α-hetero) is 1. The SMILES string of the molecule is CC(Oc1ccc(NC(=O)c2ccc(Cl)cc2Cl)cc1)C(=O)c1cccc(Cl)c1. The number of ether oxygens (including phenoxy) is 1. The van der Waals surface area contributed by atoms with Gasteiger partial charge in [0.1, 0.15) is 5.75 Å². The quantitative estimate of drug-likeness (QED) is 0.435. The van der Waals surface area contributed by atoms with Gasteiger partial charge in [0, 0.05) is 21.3 Å². The number of ketones is 1. The fourth-order valence-electron chi connectivity index (χ4n) is 2.62. The van der Waals surface area contributed by atoms with Crippen molar-refractivity contribution in [1.29, 1.82) is 0 Å². The van der Waals surface area contributed by atoms with Gasteiger partial charge in [-0.3, -0.25) is 9.59 Å². The molecule has 3 rings (SSSR count). The molecular formula is C22H16Cl3NO3. The van der Waals surface area contributed by atoms with Gasteiger partial charge in [-0.2, -0.15) is 0 Å². The Hall–Kier alpha value is -2.53. The predicted octanol–water partition coefficient (Wildman–Crippen LogP) is 6.55. The molecule has 29 heavy (non-hydrogen) atoms. The number of hydrogen-bond donors (Lipinski definition) is 1. The zero-order chi connectivity index (χ0) is 21.0. The van der Waals surface area contributed by atoms with Gasteiger partial charge in [-0.15, -0.1) is 0 Å². The molecule has 0 radical (unpaired) electrons. The Bertz CT molecular complexity index is 1050. The average molecular weight is 449 g/mol. The normalized spacial score (nSPS) is 11.6. The number of anilines is 1. The highest BCUT2D eigenvalue weighted by atomic mass is 35.5. The van der Waals surface area contributed by atoms with Gasteiger partial charge in [0.15, 0.2) is 6.10 Å². The minimum Gasteiger partial charge on any atom is -0.483 e. The zero-order valence-corrected chi connectivity index (χ0v) is 17.6. The molecule has 0 spiro atoms. The number of halogens is 3. The van der Waals surface area contributed by atoms with Crippen LogP contribution < -0.4 is 10.1 Å². The molecule has 0 aliphatic carbocycles. The number of nitrogens with one attached hydrogen (secondary N) is 1. The van der Waals surface area contributed by atoms with E-state index in [1.165, 1.54) is 6.07 Å². The summed E-state index contributed by atoms with van der Waals surface area (Å²) < 4.78 is 5.71. The number of carbonyl (C=O) groups excluding carboxylic acids is 2. The summed E-state index contributed by atoms with van der Waals surface area (Å²) in [6.45, 7) is 1.67. The van der Waals surface area contributed by atoms with E-state index in [1.807, 2.05) is 0 Å². The Kier molecular flexibility index (Phi) is 6.80. The van der Waals surface area contributed by atoms with E-state index >= 15 is 0 Å². The van der Waals surface area contributed by atoms with Crippen molar-refractivity contribution >= 4 is 52.2 Å². The third kappa shape index (κ3) is 5.51. The van der Waals surface area contributed by atoms with Crippen molar-refractivity contribution in [1.82, 2.24) is 0 Å². The van der Waals surface area contributed by atoms with Gasteiger partial charge in [0.25, 0.3) is 5.91 Å². The fraction of sp³-hybridized carbons (Fsp3) is 0.0909. The Morgan fingerprint density at radius 2 is 1.59 bits per heavy atom. The summed E-state index contributed by atoms with van der Waals surface area (Å²) in [6, 6.07) is 18.0. The first-order valence-corrected chi connectivity index (χ1v) is 9.80. The second-order valence-electron chi connectivity index (χ2n) is 6.24. The minimum absolute atomic E-state index is 0.178. The van der Waals surface area contributed by atoms with E-state index in [9.17, 15) is 9.59 Å². The second kappa shape index (κ2) is 9.31. The van der Waals surface area contributed by atoms with Crippen molar-refractivity contribution in [3.05, 3.63) is 92.9 Å². The average Bonchev–Trinajstić information content (AvgIpc) is 2.68. The Morgan fingerprint density at radius 1 is 0.897 bits per heavy atom. The Balaban J connectivity index is 1.64. The second-order valence-corrected chi connectivity index (χ2v) is 7.52. The van der Waals surface area contributed by atoms with Crippen LogP contribution in [0.3, 0.4) is 0 Å². The lowest BCUT2D eigenvalue weighted by Gasteiger charge is -2.14. The molecule has 4 nitrogen and oxygen atoms in total. The number of amides is 1. The van der Waals surface area contributed by atoms with E-state index in [1.54, 1.807) is 67.6 Å². The highest BCUT2D eigenvalue weighted by molar-refractivity contribution is 6.37. The minimum atomic E-state index is -0.693. The lowest BCUT2D eigenvalue weighted by atomic mass is 10.1. The Morgan fingerprint density at radius 3 is 2.24 bits per heavy atom. The van der Waals surface area contributed by atoms with Crippen LogP contribution in [0.5, 0.6) is 5.75 Å². The molecule has 1 unspecified atom stereocenters. The molecule has 0 aromatic heterocycles. The van der Waals surface area contributed by atoms with Crippen LogP contribution in [0.1, 0.15) is 27.6 Å². The van der Waals surface area contributed by atoms with Crippen LogP contribution in [0.25, 0.3) is 0 Å². The summed E-state index contributed by atoms with van der Waals surface area (Å²) in [4.78, 5) is 24.8. The molecular weight excluding hydrogens is 433 g/mol. The van der Waals surface area contributed by atoms with Crippen molar-refractivity contribution in [3.8, 4) is 5.75 Å². The van der Waals surface area contributed by atoms with Gasteiger partial charge in [0.05, 0.1) is 10.6 Å². The standard InChI is InChI=1S/C22H16Cl3NO3/c1-13(21(27)14-3-2-4-15(23)11-14)29-18-8-6-17(7-9-18)26-22(28)19-10-5-16(24)12-20(19)25/h2-13H,1H3,(H,26,28). The third-order valence-corrected chi connectivity index (χ3v) is 4.86. The highest BCUT2D eigenvalue weighted by Gasteiger charge is 2.17. The van der Waals surface area contributed by atoms with E-state index in [-0.39, 0.29) is 16.7 Å². The molecule has 0 saturated heterocycles. The van der Waals surface area contributed by atoms with Gasteiger partial charge < -0.3 is 10.1 Å². The van der Waals surface area contributed by atoms with E-state index in [4.69, 9.17) is 39.5 Å². The van der Waals surface area contributed by atoms with Gasteiger partial charge in [-0.05, 0) is 61.5 Å². The van der Waals surface area contributed by atoms with Crippen LogP contribution in [-0.4, -0.2) is 17.8 Å². The van der Waals surface area contributed by atoms with Crippen molar-refractivity contribution in [2.75, 3.05) is 5.32 Å². The third-order valence-electron chi connectivity index (χ3n) is 4.08. The van der Waals surface area contributed by atoms with Crippen LogP contribution in [0.4, 0.5) is 5.69 Å². The number of carbonyl (C=O) groups is 2. The molecule has 0 aliphatic rings. The summed E-state index contributed by atoms with van der Waals surface area (Å²) in [5.41, 5.74) is 1.35. The number of hydrogen-bond acceptors (Lipinski definition) is 3. The van der Waals surface area contributed by atoms with E-state index in [0.29, 0.717) is 32.6 Å². The van der Waals surface area contributed by atoms with Crippen molar-refractivity contribution in [2.45, 2.75) is 13.0 Å². The summed E-state index contributed by atoms with van der Waals surface area (Å²) in [5.74, 6) is -0.0394. The summed E-state index contributed by atoms with van der Waals surface area (Å²) in [6.07, 6.45) is -0.693. The lowest BCUT2D eigenvalue weighted by Crippen LogP contribution is -2.23. The van der Waals surface area contributed by atoms with Gasteiger partial charge in [-0.25, -0.2) is 0 Å². The Labute approximate surface area is 183 Å². The molecule has 0 fully saturated rings. The monoisotopic (exact) mass is 447 g/mol. The maximum absolute atomic E-state index is 12.5. The van der Waals surface area contributed by atoms with Crippen LogP contribution in [-0.2, 0) is 0 Å². The van der Waals surface area contributed by atoms with Crippen molar-refractivity contribution in [3.63, 3.8) is 0 Å². The first-order chi connectivity index (χ1) is 13.8. The van der Waals surface area contributed by atoms with Crippen molar-refractivity contribution < 1.29 is 14.3 Å². The molecule has 3 aromatic carbocycles. The first kappa shape index (κ1) is 21.2. The largest absolute Gasteiger partial charge is 0.483 e. The fourth-order valence-corrected chi connectivity index (χ4v) is 3.31. The summed E-state index contributed by atoms with van der Waals surface area (Å²) >= 11 is 17.8. The van der Waals surface area contributed by atoms with Gasteiger partial charge in [-0.1, -0.05) is 46.9 Å². The molecule has 0 bridgehead atoms. The van der Waals surface area contributed by atoms with Crippen molar-refractivity contribution in [2.24, 2.45) is 0 Å². The molecule has 1 amide bonds. The summed E-state index contributed by atoms with van der Waals surface area (Å²) in [5, 5.41) is 3.96. The van der Waals surface area contributed by atoms with Crippen LogP contribution in [0, 0.1) is 0 Å². The van der Waals surface area contributed by atoms with E-state index in [2.05, 4.69) is 5.32 Å². The van der Waals surface area contributed by atoms with E-state index < -0.39 is 6.10 Å². The van der Waals surface area contributed by atoms with Crippen LogP contribution in [0.2, 0.25) is 15.1 Å². The van der Waals surface area contributed by atoms with Crippen LogP contribution in [0.15, 0.2) is 66.7 Å². The first-order valence-electron chi connectivity index (χ1n) is 8.66. The predicted molar refractivity (Wildman–Crippen MR) is 117 cm³/mol. The zero-order valence-electron chi connectivity index (χ0n) is 15.3. The molecule has 1 atom stereocenters. The van der Waals surface area contributed by atoms with Gasteiger partial charge in [0.2, 0.25) is 5.78 Å². The molecule has 0 aliphatic heterocycles. The lowest BCUT2D eigenvalue weighted by molar-refractivity contribution is 0.0818. The molecule has 148 valence electrons. The molecule has 0 saturated carbocycles. The van der Waals surface area contributed by atoms with Gasteiger partial charge >= 0.3 is 0 Å².